The molecule has 0 fully saturated rings. The highest BCUT2D eigenvalue weighted by molar-refractivity contribution is 7.80. The van der Waals surface area contributed by atoms with Crippen LogP contribution in [0.1, 0.15) is 21.5 Å². The topological polar surface area (TPSA) is 79.9 Å². The van der Waals surface area contributed by atoms with Gasteiger partial charge in [0.05, 0.1) is 14.2 Å². The highest BCUT2D eigenvalue weighted by Crippen LogP contribution is 2.27. The quantitative estimate of drug-likeness (QED) is 0.358. The fraction of sp³-hybridized carbons (Fsp3) is 0.148. The molecule has 2 amide bonds. The number of carbonyl (C=O) groups excluding carboxylic acids is 2. The van der Waals surface area contributed by atoms with Crippen LogP contribution in [-0.4, -0.2) is 43.1 Å². The van der Waals surface area contributed by atoms with E-state index in [1.807, 2.05) is 30.3 Å². The van der Waals surface area contributed by atoms with Crippen molar-refractivity contribution in [2.75, 3.05) is 26.6 Å². The van der Waals surface area contributed by atoms with Gasteiger partial charge in [-0.05, 0) is 59.8 Å². The summed E-state index contributed by atoms with van der Waals surface area (Å²) in [5.41, 5.74) is 2.92. The average molecular weight is 490 g/mol. The van der Waals surface area contributed by atoms with Crippen LogP contribution in [0, 0.1) is 0 Å². The van der Waals surface area contributed by atoms with Crippen LogP contribution in [0.4, 0.5) is 5.69 Å². The van der Waals surface area contributed by atoms with Crippen LogP contribution >= 0.6 is 12.2 Å². The van der Waals surface area contributed by atoms with Gasteiger partial charge in [0.15, 0.2) is 16.6 Å². The lowest BCUT2D eigenvalue weighted by Gasteiger charge is -2.18. The second kappa shape index (κ2) is 12.3. The minimum atomic E-state index is -0.396. The minimum Gasteiger partial charge on any atom is -0.493 e. The molecule has 0 saturated carbocycles. The fourth-order valence-electron chi connectivity index (χ4n) is 3.32. The molecule has 3 rings (SSSR count). The summed E-state index contributed by atoms with van der Waals surface area (Å²) in [7, 11) is 4.86. The molecule has 3 aromatic rings. The molecule has 2 N–H and O–H groups in total. The van der Waals surface area contributed by atoms with E-state index in [4.69, 9.17) is 21.7 Å². The SMILES string of the molecule is COc1ccc(/C=C/C(=O)NC(=S)Nc2cccc(C(=O)N(C)Cc3ccccc3)c2)cc1OC. The number of ether oxygens (including phenoxy) is 2. The third-order valence-electron chi connectivity index (χ3n) is 5.05. The Kier molecular flexibility index (Phi) is 8.97. The van der Waals surface area contributed by atoms with Gasteiger partial charge >= 0.3 is 0 Å². The largest absolute Gasteiger partial charge is 0.493 e. The summed E-state index contributed by atoms with van der Waals surface area (Å²) in [5, 5.41) is 5.66. The molecule has 180 valence electrons. The monoisotopic (exact) mass is 489 g/mol. The van der Waals surface area contributed by atoms with Crippen molar-refractivity contribution in [2.45, 2.75) is 6.54 Å². The molecule has 8 heteroatoms. The number of nitrogens with one attached hydrogen (secondary N) is 2. The Balaban J connectivity index is 1.57. The van der Waals surface area contributed by atoms with Crippen molar-refractivity contribution in [3.8, 4) is 11.5 Å². The number of hydrogen-bond donors (Lipinski definition) is 2. The van der Waals surface area contributed by atoms with Gasteiger partial charge in [0.25, 0.3) is 5.91 Å². The molecule has 0 aliphatic rings. The van der Waals surface area contributed by atoms with Crippen molar-refractivity contribution < 1.29 is 19.1 Å². The predicted molar refractivity (Wildman–Crippen MR) is 142 cm³/mol. The highest BCUT2D eigenvalue weighted by atomic mass is 32.1. The standard InChI is InChI=1S/C27H27N3O4S/c1-30(18-20-8-5-4-6-9-20)26(32)21-10-7-11-22(17-21)28-27(35)29-25(31)15-13-19-12-14-23(33-2)24(16-19)34-3/h4-17H,18H2,1-3H3,(H2,28,29,31,35)/b15-13+. The van der Waals surface area contributed by atoms with Crippen molar-refractivity contribution in [1.82, 2.24) is 10.2 Å². The lowest BCUT2D eigenvalue weighted by atomic mass is 10.1. The zero-order valence-electron chi connectivity index (χ0n) is 19.8. The lowest BCUT2D eigenvalue weighted by molar-refractivity contribution is -0.115. The molecule has 7 nitrogen and oxygen atoms in total. The summed E-state index contributed by atoms with van der Waals surface area (Å²) in [6, 6.07) is 22.1. The molecule has 0 saturated heterocycles. The van der Waals surface area contributed by atoms with Gasteiger partial charge in [-0.3, -0.25) is 14.9 Å². The number of benzene rings is 3. The number of rotatable bonds is 8. The maximum absolute atomic E-state index is 12.8. The smallest absolute Gasteiger partial charge is 0.253 e. The molecule has 35 heavy (non-hydrogen) atoms. The Hall–Kier alpha value is -4.17. The van der Waals surface area contributed by atoms with Crippen LogP contribution in [0.15, 0.2) is 78.9 Å². The van der Waals surface area contributed by atoms with Crippen LogP contribution in [0.5, 0.6) is 11.5 Å². The van der Waals surface area contributed by atoms with Crippen molar-refractivity contribution >= 4 is 40.9 Å². The molecular weight excluding hydrogens is 462 g/mol. The van der Waals surface area contributed by atoms with Gasteiger partial charge in [0, 0.05) is 30.9 Å². The Bertz CT molecular complexity index is 1230. The summed E-state index contributed by atoms with van der Waals surface area (Å²) in [6.07, 6.45) is 3.01. The summed E-state index contributed by atoms with van der Waals surface area (Å²) < 4.78 is 10.5. The number of carbonyl (C=O) groups is 2. The average Bonchev–Trinajstić information content (AvgIpc) is 2.87. The normalized spacial score (nSPS) is 10.5. The van der Waals surface area contributed by atoms with Crippen molar-refractivity contribution in [1.29, 1.82) is 0 Å². The molecule has 0 bridgehead atoms. The van der Waals surface area contributed by atoms with E-state index in [1.165, 1.54) is 6.08 Å². The molecule has 0 aromatic heterocycles. The van der Waals surface area contributed by atoms with Crippen LogP contribution in [0.3, 0.4) is 0 Å². The summed E-state index contributed by atoms with van der Waals surface area (Å²) in [4.78, 5) is 26.8. The molecular formula is C27H27N3O4S. The number of anilines is 1. The van der Waals surface area contributed by atoms with E-state index in [0.717, 1.165) is 11.1 Å². The predicted octanol–water partition coefficient (Wildman–Crippen LogP) is 4.50. The summed E-state index contributed by atoms with van der Waals surface area (Å²) in [5.74, 6) is 0.653. The highest BCUT2D eigenvalue weighted by Gasteiger charge is 2.13. The first kappa shape index (κ1) is 25.5. The Labute approximate surface area is 210 Å². The van der Waals surface area contributed by atoms with Crippen LogP contribution in [0.25, 0.3) is 6.08 Å². The van der Waals surface area contributed by atoms with Crippen molar-refractivity contribution in [3.63, 3.8) is 0 Å². The minimum absolute atomic E-state index is 0.120. The molecule has 0 unspecified atom stereocenters. The number of thiocarbonyl (C=S) groups is 1. The van der Waals surface area contributed by atoms with Gasteiger partial charge in [-0.2, -0.15) is 0 Å². The number of hydrogen-bond acceptors (Lipinski definition) is 5. The van der Waals surface area contributed by atoms with E-state index in [-0.39, 0.29) is 11.0 Å². The van der Waals surface area contributed by atoms with Crippen molar-refractivity contribution in [3.05, 3.63) is 95.6 Å². The van der Waals surface area contributed by atoms with Crippen LogP contribution in [0.2, 0.25) is 0 Å². The number of amides is 2. The maximum Gasteiger partial charge on any atom is 0.253 e. The molecule has 0 spiro atoms. The van der Waals surface area contributed by atoms with E-state index >= 15 is 0 Å². The number of nitrogens with zero attached hydrogens (tertiary/aromatic N) is 1. The molecule has 0 heterocycles. The molecule has 0 aliphatic carbocycles. The van der Waals surface area contributed by atoms with E-state index in [0.29, 0.717) is 29.3 Å². The number of methoxy groups -OCH3 is 2. The van der Waals surface area contributed by atoms with Gasteiger partial charge in [-0.25, -0.2) is 0 Å². The lowest BCUT2D eigenvalue weighted by Crippen LogP contribution is -2.33. The van der Waals surface area contributed by atoms with Gasteiger partial charge in [0.1, 0.15) is 0 Å². The van der Waals surface area contributed by atoms with E-state index in [2.05, 4.69) is 10.6 Å². The van der Waals surface area contributed by atoms with E-state index < -0.39 is 5.91 Å². The Morgan fingerprint density at radius 2 is 1.69 bits per heavy atom. The first-order valence-electron chi connectivity index (χ1n) is 10.8. The van der Waals surface area contributed by atoms with Crippen LogP contribution in [-0.2, 0) is 11.3 Å². The zero-order valence-corrected chi connectivity index (χ0v) is 20.6. The molecule has 0 radical (unpaired) electrons. The van der Waals surface area contributed by atoms with E-state index in [1.54, 1.807) is 74.7 Å². The first-order chi connectivity index (χ1) is 16.9. The zero-order chi connectivity index (χ0) is 25.2. The Morgan fingerprint density at radius 3 is 2.40 bits per heavy atom. The third kappa shape index (κ3) is 7.41. The molecule has 3 aromatic carbocycles. The first-order valence-corrected chi connectivity index (χ1v) is 11.2. The summed E-state index contributed by atoms with van der Waals surface area (Å²) in [6.45, 7) is 0.498. The third-order valence-corrected chi connectivity index (χ3v) is 5.25. The second-order valence-corrected chi connectivity index (χ2v) is 8.03. The van der Waals surface area contributed by atoms with Gasteiger partial charge < -0.3 is 19.7 Å². The molecule has 0 aliphatic heterocycles. The van der Waals surface area contributed by atoms with E-state index in [9.17, 15) is 9.59 Å². The maximum atomic E-state index is 12.8. The summed E-state index contributed by atoms with van der Waals surface area (Å²) >= 11 is 5.25. The fourth-order valence-corrected chi connectivity index (χ4v) is 3.54. The van der Waals surface area contributed by atoms with Crippen molar-refractivity contribution in [2.24, 2.45) is 0 Å². The van der Waals surface area contributed by atoms with Gasteiger partial charge in [-0.1, -0.05) is 42.5 Å². The van der Waals surface area contributed by atoms with Gasteiger partial charge in [0.2, 0.25) is 5.91 Å². The molecule has 0 atom stereocenters. The second-order valence-electron chi connectivity index (χ2n) is 7.62. The Morgan fingerprint density at radius 1 is 0.943 bits per heavy atom. The van der Waals surface area contributed by atoms with Gasteiger partial charge in [-0.15, -0.1) is 0 Å². The van der Waals surface area contributed by atoms with Crippen LogP contribution < -0.4 is 20.1 Å².